The molecular weight excluding hydrogens is 238 g/mol. The molecule has 0 saturated heterocycles. The fraction of sp³-hybridized carbons (Fsp3) is 0.273. The Morgan fingerprint density at radius 3 is 2.19 bits per heavy atom. The smallest absolute Gasteiger partial charge is 0.294 e. The molecule has 2 nitrogen and oxygen atoms in total. The van der Waals surface area contributed by atoms with E-state index in [-0.39, 0.29) is 5.56 Å². The van der Waals surface area contributed by atoms with Gasteiger partial charge in [0.15, 0.2) is 5.78 Å². The van der Waals surface area contributed by atoms with E-state index in [4.69, 9.17) is 0 Å². The first-order valence-electron chi connectivity index (χ1n) is 4.50. The number of rotatable bonds is 4. The molecule has 0 amide bonds. The van der Waals surface area contributed by atoms with Crippen molar-refractivity contribution in [3.63, 3.8) is 0 Å². The van der Waals surface area contributed by atoms with Gasteiger partial charge in [-0.3, -0.25) is 9.59 Å². The summed E-state index contributed by atoms with van der Waals surface area (Å²) in [5, 5.41) is -3.97. The molecule has 1 aromatic carbocycles. The van der Waals surface area contributed by atoms with Gasteiger partial charge in [0.05, 0.1) is 6.42 Å². The zero-order valence-corrected chi connectivity index (χ0v) is 9.22. The van der Waals surface area contributed by atoms with Gasteiger partial charge in [-0.25, -0.2) is 0 Å². The van der Waals surface area contributed by atoms with E-state index in [1.165, 1.54) is 12.1 Å². The summed E-state index contributed by atoms with van der Waals surface area (Å²) < 4.78 is 24.6. The molecule has 0 bridgehead atoms. The van der Waals surface area contributed by atoms with Crippen LogP contribution >= 0.6 is 11.6 Å². The lowest BCUT2D eigenvalue weighted by molar-refractivity contribution is -0.132. The van der Waals surface area contributed by atoms with Gasteiger partial charge in [0.1, 0.15) is 0 Å². The maximum Gasteiger partial charge on any atom is 0.380 e. The molecule has 86 valence electrons. The van der Waals surface area contributed by atoms with Gasteiger partial charge >= 0.3 is 5.38 Å². The van der Waals surface area contributed by atoms with Gasteiger partial charge in [-0.15, -0.1) is 0 Å². The Morgan fingerprint density at radius 2 is 1.75 bits per heavy atom. The van der Waals surface area contributed by atoms with Crippen LogP contribution in [-0.4, -0.2) is 16.9 Å². The lowest BCUT2D eigenvalue weighted by Gasteiger charge is -2.05. The maximum atomic E-state index is 12.3. The van der Waals surface area contributed by atoms with Crippen molar-refractivity contribution in [2.75, 3.05) is 0 Å². The van der Waals surface area contributed by atoms with E-state index in [0.29, 0.717) is 0 Å². The Morgan fingerprint density at radius 1 is 1.25 bits per heavy atom. The van der Waals surface area contributed by atoms with Crippen molar-refractivity contribution in [3.05, 3.63) is 35.4 Å². The van der Waals surface area contributed by atoms with E-state index in [2.05, 4.69) is 11.6 Å². The van der Waals surface area contributed by atoms with Crippen molar-refractivity contribution in [1.82, 2.24) is 0 Å². The Bertz CT molecular complexity index is 407. The molecule has 0 aliphatic carbocycles. The second-order valence-electron chi connectivity index (χ2n) is 3.39. The number of Topliss-reactive ketones (excluding diaryl/α,β-unsaturated/α-hetero) is 2. The van der Waals surface area contributed by atoms with Gasteiger partial charge in [0.2, 0.25) is 5.78 Å². The summed E-state index contributed by atoms with van der Waals surface area (Å²) in [5.41, 5.74) is 1.16. The molecule has 0 radical (unpaired) electrons. The van der Waals surface area contributed by atoms with E-state index in [0.717, 1.165) is 5.56 Å². The second kappa shape index (κ2) is 4.70. The van der Waals surface area contributed by atoms with Crippen LogP contribution in [0, 0.1) is 6.92 Å². The number of aryl methyl sites for hydroxylation is 1. The molecular formula is C11H9ClF2O2. The normalized spacial score (nSPS) is 11.2. The minimum atomic E-state index is -3.97. The minimum absolute atomic E-state index is 0.222. The van der Waals surface area contributed by atoms with Crippen LogP contribution in [0.5, 0.6) is 0 Å². The molecule has 0 atom stereocenters. The number of hydrogen-bond donors (Lipinski definition) is 0. The molecule has 1 rings (SSSR count). The summed E-state index contributed by atoms with van der Waals surface area (Å²) in [7, 11) is 0. The third-order valence-corrected chi connectivity index (χ3v) is 2.22. The van der Waals surface area contributed by atoms with Crippen LogP contribution in [0.15, 0.2) is 24.3 Å². The third-order valence-electron chi connectivity index (χ3n) is 2.01. The topological polar surface area (TPSA) is 34.1 Å². The van der Waals surface area contributed by atoms with Gasteiger partial charge in [-0.2, -0.15) is 8.78 Å². The molecule has 0 spiro atoms. The molecule has 0 N–H and O–H groups in total. The van der Waals surface area contributed by atoms with Crippen LogP contribution in [0.1, 0.15) is 22.3 Å². The molecule has 1 aromatic rings. The fourth-order valence-electron chi connectivity index (χ4n) is 1.09. The lowest BCUT2D eigenvalue weighted by Crippen LogP contribution is -2.24. The first-order valence-corrected chi connectivity index (χ1v) is 4.88. The second-order valence-corrected chi connectivity index (χ2v) is 3.86. The highest BCUT2D eigenvalue weighted by molar-refractivity contribution is 6.34. The van der Waals surface area contributed by atoms with Gasteiger partial charge in [-0.1, -0.05) is 29.8 Å². The monoisotopic (exact) mass is 246 g/mol. The average Bonchev–Trinajstić information content (AvgIpc) is 2.17. The Labute approximate surface area is 96.2 Å². The maximum absolute atomic E-state index is 12.3. The molecule has 0 fully saturated rings. The Hall–Kier alpha value is -1.29. The van der Waals surface area contributed by atoms with Gasteiger partial charge in [-0.05, 0) is 18.5 Å². The van der Waals surface area contributed by atoms with Crippen molar-refractivity contribution < 1.29 is 18.4 Å². The van der Waals surface area contributed by atoms with Crippen LogP contribution in [0.2, 0.25) is 0 Å². The van der Waals surface area contributed by atoms with Crippen molar-refractivity contribution in [2.45, 2.75) is 18.7 Å². The summed E-state index contributed by atoms with van der Waals surface area (Å²) >= 11 is 4.51. The van der Waals surface area contributed by atoms with Gasteiger partial charge in [0, 0.05) is 5.56 Å². The molecule has 0 unspecified atom stereocenters. The molecule has 0 aliphatic rings. The Kier molecular flexibility index (Phi) is 3.75. The first kappa shape index (κ1) is 12.8. The average molecular weight is 247 g/mol. The number of ketones is 2. The zero-order chi connectivity index (χ0) is 12.3. The van der Waals surface area contributed by atoms with Crippen molar-refractivity contribution >= 4 is 23.2 Å². The standard InChI is InChI=1S/C11H9ClF2O2/c1-7-2-4-8(5-3-7)9(15)6-10(16)11(12,13)14/h2-5H,6H2,1H3. The SMILES string of the molecule is Cc1ccc(C(=O)CC(=O)C(F)(F)Cl)cc1. The van der Waals surface area contributed by atoms with Crippen LogP contribution in [0.3, 0.4) is 0 Å². The summed E-state index contributed by atoms with van der Waals surface area (Å²) in [5.74, 6) is -2.25. The first-order chi connectivity index (χ1) is 7.30. The largest absolute Gasteiger partial charge is 0.380 e. The highest BCUT2D eigenvalue weighted by Crippen LogP contribution is 2.22. The fourth-order valence-corrected chi connectivity index (χ4v) is 1.15. The number of benzene rings is 1. The van der Waals surface area contributed by atoms with Crippen molar-refractivity contribution in [1.29, 1.82) is 0 Å². The molecule has 0 saturated carbocycles. The number of carbonyl (C=O) groups excluding carboxylic acids is 2. The molecule has 0 heterocycles. The number of hydrogen-bond acceptors (Lipinski definition) is 2. The van der Waals surface area contributed by atoms with Crippen molar-refractivity contribution in [2.24, 2.45) is 0 Å². The lowest BCUT2D eigenvalue weighted by atomic mass is 10.0. The highest BCUT2D eigenvalue weighted by Gasteiger charge is 2.36. The predicted molar refractivity (Wildman–Crippen MR) is 55.9 cm³/mol. The van der Waals surface area contributed by atoms with E-state index in [1.54, 1.807) is 12.1 Å². The quantitative estimate of drug-likeness (QED) is 0.465. The van der Waals surface area contributed by atoms with E-state index in [1.807, 2.05) is 6.92 Å². The third kappa shape index (κ3) is 3.38. The summed E-state index contributed by atoms with van der Waals surface area (Å²) in [6.07, 6.45) is -0.889. The van der Waals surface area contributed by atoms with Gasteiger partial charge < -0.3 is 0 Å². The van der Waals surface area contributed by atoms with Crippen LogP contribution in [0.4, 0.5) is 8.78 Å². The minimum Gasteiger partial charge on any atom is -0.294 e. The molecule has 0 aromatic heterocycles. The van der Waals surface area contributed by atoms with Gasteiger partial charge in [0.25, 0.3) is 0 Å². The predicted octanol–water partition coefficient (Wildman–Crippen LogP) is 2.97. The molecule has 16 heavy (non-hydrogen) atoms. The highest BCUT2D eigenvalue weighted by atomic mass is 35.5. The molecule has 5 heteroatoms. The Balaban J connectivity index is 2.74. The summed E-state index contributed by atoms with van der Waals surface area (Å²) in [6.45, 7) is 1.83. The zero-order valence-electron chi connectivity index (χ0n) is 8.47. The number of alkyl halides is 3. The number of carbonyl (C=O) groups is 2. The van der Waals surface area contributed by atoms with E-state index in [9.17, 15) is 18.4 Å². The van der Waals surface area contributed by atoms with Crippen LogP contribution in [-0.2, 0) is 4.79 Å². The van der Waals surface area contributed by atoms with E-state index >= 15 is 0 Å². The van der Waals surface area contributed by atoms with Crippen LogP contribution in [0.25, 0.3) is 0 Å². The van der Waals surface area contributed by atoms with E-state index < -0.39 is 23.4 Å². The summed E-state index contributed by atoms with van der Waals surface area (Å²) in [6, 6.07) is 6.29. The molecule has 0 aliphatic heterocycles. The number of halogens is 3. The summed E-state index contributed by atoms with van der Waals surface area (Å²) in [4.78, 5) is 22.2. The van der Waals surface area contributed by atoms with Crippen LogP contribution < -0.4 is 0 Å². The van der Waals surface area contributed by atoms with Crippen molar-refractivity contribution in [3.8, 4) is 0 Å².